The van der Waals surface area contributed by atoms with E-state index in [2.05, 4.69) is 20.8 Å². The van der Waals surface area contributed by atoms with E-state index in [1.54, 1.807) is 48.5 Å². The molecule has 1 N–H and O–H groups in total. The molecule has 9 heteroatoms. The van der Waals surface area contributed by atoms with Crippen molar-refractivity contribution in [3.8, 4) is 11.4 Å². The fraction of sp³-hybridized carbons (Fsp3) is 0.125. The lowest BCUT2D eigenvalue weighted by Gasteiger charge is -2.11. The van der Waals surface area contributed by atoms with Crippen LogP contribution in [-0.2, 0) is 4.79 Å². The first kappa shape index (κ1) is 22.2. The fourth-order valence-electron chi connectivity index (χ4n) is 3.18. The number of carbonyl (C=O) groups is 2. The maximum absolute atomic E-state index is 12.9. The van der Waals surface area contributed by atoms with E-state index < -0.39 is 0 Å². The van der Waals surface area contributed by atoms with Crippen LogP contribution in [-0.4, -0.2) is 44.3 Å². The summed E-state index contributed by atoms with van der Waals surface area (Å²) in [5, 5.41) is 15.1. The van der Waals surface area contributed by atoms with Gasteiger partial charge >= 0.3 is 0 Å². The number of ether oxygens (including phenoxy) is 1. The molecule has 0 bridgehead atoms. The standard InChI is InChI=1S/C24H21N5O3S/c1-2-32-21-15-9-8-14-20(21)29-24(26-27-28-29)33-16-22(30)25-19-13-7-6-12-18(19)23(31)17-10-4-3-5-11-17/h3-15H,2,16H2,1H3,(H,25,30). The molecule has 0 atom stereocenters. The van der Waals surface area contributed by atoms with Crippen molar-refractivity contribution in [1.29, 1.82) is 0 Å². The third-order valence-electron chi connectivity index (χ3n) is 4.65. The Bertz CT molecular complexity index is 1260. The van der Waals surface area contributed by atoms with Gasteiger partial charge in [0.2, 0.25) is 11.1 Å². The number of benzene rings is 3. The topological polar surface area (TPSA) is 99.0 Å². The second-order valence-corrected chi connectivity index (χ2v) is 7.79. The minimum atomic E-state index is -0.277. The van der Waals surface area contributed by atoms with E-state index in [4.69, 9.17) is 4.74 Å². The highest BCUT2D eigenvalue weighted by Gasteiger charge is 2.17. The van der Waals surface area contributed by atoms with Crippen molar-refractivity contribution in [3.05, 3.63) is 90.0 Å². The number of thioether (sulfide) groups is 1. The Kier molecular flexibility index (Phi) is 7.11. The summed E-state index contributed by atoms with van der Waals surface area (Å²) in [6, 6.07) is 23.3. The van der Waals surface area contributed by atoms with E-state index >= 15 is 0 Å². The third kappa shape index (κ3) is 5.27. The van der Waals surface area contributed by atoms with Crippen LogP contribution in [0, 0.1) is 0 Å². The Balaban J connectivity index is 1.46. The zero-order valence-electron chi connectivity index (χ0n) is 17.8. The molecule has 4 rings (SSSR count). The number of aromatic nitrogens is 4. The van der Waals surface area contributed by atoms with Gasteiger partial charge in [-0.15, -0.1) is 5.10 Å². The van der Waals surface area contributed by atoms with Gasteiger partial charge < -0.3 is 10.1 Å². The highest BCUT2D eigenvalue weighted by Crippen LogP contribution is 2.26. The van der Waals surface area contributed by atoms with Crippen LogP contribution in [0.2, 0.25) is 0 Å². The predicted molar refractivity (Wildman–Crippen MR) is 126 cm³/mol. The summed E-state index contributed by atoms with van der Waals surface area (Å²) in [6.07, 6.45) is 0. The van der Waals surface area contributed by atoms with Gasteiger partial charge in [0.25, 0.3) is 0 Å². The number of rotatable bonds is 9. The quantitative estimate of drug-likeness (QED) is 0.298. The van der Waals surface area contributed by atoms with Gasteiger partial charge in [-0.1, -0.05) is 66.4 Å². The van der Waals surface area contributed by atoms with Crippen molar-refractivity contribution < 1.29 is 14.3 Å². The van der Waals surface area contributed by atoms with Crippen LogP contribution < -0.4 is 10.1 Å². The maximum Gasteiger partial charge on any atom is 0.234 e. The molecule has 3 aromatic carbocycles. The normalized spacial score (nSPS) is 10.6. The second kappa shape index (κ2) is 10.6. The Morgan fingerprint density at radius 3 is 2.52 bits per heavy atom. The van der Waals surface area contributed by atoms with Gasteiger partial charge in [-0.2, -0.15) is 4.68 Å². The summed E-state index contributed by atoms with van der Waals surface area (Å²) < 4.78 is 7.19. The van der Waals surface area contributed by atoms with Crippen molar-refractivity contribution in [1.82, 2.24) is 20.2 Å². The summed E-state index contributed by atoms with van der Waals surface area (Å²) in [4.78, 5) is 25.6. The number of carbonyl (C=O) groups excluding carboxylic acids is 2. The van der Waals surface area contributed by atoms with E-state index in [0.717, 1.165) is 0 Å². The van der Waals surface area contributed by atoms with Gasteiger partial charge in [-0.25, -0.2) is 0 Å². The summed E-state index contributed by atoms with van der Waals surface area (Å²) in [5.74, 6) is 0.272. The number of para-hydroxylation sites is 3. The van der Waals surface area contributed by atoms with Gasteiger partial charge in [-0.05, 0) is 41.6 Å². The molecule has 0 saturated heterocycles. The average molecular weight is 460 g/mol. The molecule has 33 heavy (non-hydrogen) atoms. The minimum absolute atomic E-state index is 0.0606. The average Bonchev–Trinajstić information content (AvgIpc) is 3.32. The summed E-state index contributed by atoms with van der Waals surface area (Å²) in [6.45, 7) is 2.40. The van der Waals surface area contributed by atoms with E-state index in [1.807, 2.05) is 37.3 Å². The molecule has 0 aliphatic heterocycles. The highest BCUT2D eigenvalue weighted by molar-refractivity contribution is 7.99. The van der Waals surface area contributed by atoms with Crippen molar-refractivity contribution in [2.75, 3.05) is 17.7 Å². The highest BCUT2D eigenvalue weighted by atomic mass is 32.2. The summed E-state index contributed by atoms with van der Waals surface area (Å²) in [7, 11) is 0. The Labute approximate surface area is 195 Å². The van der Waals surface area contributed by atoms with E-state index in [1.165, 1.54) is 16.4 Å². The second-order valence-electron chi connectivity index (χ2n) is 6.85. The number of hydrogen-bond donors (Lipinski definition) is 1. The minimum Gasteiger partial charge on any atom is -0.492 e. The van der Waals surface area contributed by atoms with Gasteiger partial charge in [0.15, 0.2) is 5.78 Å². The molecular formula is C24H21N5O3S. The molecule has 1 heterocycles. The molecule has 0 radical (unpaired) electrons. The van der Waals surface area contributed by atoms with Gasteiger partial charge in [0.05, 0.1) is 18.0 Å². The molecule has 0 fully saturated rings. The van der Waals surface area contributed by atoms with E-state index in [9.17, 15) is 9.59 Å². The van der Waals surface area contributed by atoms with Crippen molar-refractivity contribution in [2.45, 2.75) is 12.1 Å². The monoisotopic (exact) mass is 459 g/mol. The van der Waals surface area contributed by atoms with Crippen LogP contribution in [0.4, 0.5) is 5.69 Å². The molecule has 0 saturated carbocycles. The number of tetrazole rings is 1. The van der Waals surface area contributed by atoms with E-state index in [-0.39, 0.29) is 17.4 Å². The largest absolute Gasteiger partial charge is 0.492 e. The molecule has 0 aliphatic carbocycles. The first-order chi connectivity index (χ1) is 16.2. The molecule has 166 valence electrons. The number of hydrogen-bond acceptors (Lipinski definition) is 7. The van der Waals surface area contributed by atoms with Gasteiger partial charge in [0, 0.05) is 11.1 Å². The zero-order chi connectivity index (χ0) is 23.0. The first-order valence-electron chi connectivity index (χ1n) is 10.3. The molecule has 0 spiro atoms. The zero-order valence-corrected chi connectivity index (χ0v) is 18.7. The van der Waals surface area contributed by atoms with Crippen LogP contribution in [0.25, 0.3) is 5.69 Å². The van der Waals surface area contributed by atoms with Gasteiger partial charge in [-0.3, -0.25) is 9.59 Å². The maximum atomic E-state index is 12.9. The SMILES string of the molecule is CCOc1ccccc1-n1nnnc1SCC(=O)Nc1ccccc1C(=O)c1ccccc1. The Hall–Kier alpha value is -3.98. The molecule has 4 aromatic rings. The Morgan fingerprint density at radius 1 is 0.970 bits per heavy atom. The van der Waals surface area contributed by atoms with Crippen LogP contribution in [0.1, 0.15) is 22.8 Å². The molecule has 0 aliphatic rings. The molecule has 0 unspecified atom stereocenters. The lowest BCUT2D eigenvalue weighted by atomic mass is 10.0. The number of amides is 1. The number of anilines is 1. The van der Waals surface area contributed by atoms with Crippen LogP contribution >= 0.6 is 11.8 Å². The molecule has 1 amide bonds. The number of ketones is 1. The Morgan fingerprint density at radius 2 is 1.70 bits per heavy atom. The van der Waals surface area contributed by atoms with Crippen molar-refractivity contribution in [2.24, 2.45) is 0 Å². The third-order valence-corrected chi connectivity index (χ3v) is 5.57. The van der Waals surface area contributed by atoms with Crippen molar-refractivity contribution >= 4 is 29.1 Å². The lowest BCUT2D eigenvalue weighted by molar-refractivity contribution is -0.113. The number of nitrogens with one attached hydrogen (secondary N) is 1. The molecule has 8 nitrogen and oxygen atoms in total. The van der Waals surface area contributed by atoms with Crippen LogP contribution in [0.3, 0.4) is 0 Å². The lowest BCUT2D eigenvalue weighted by Crippen LogP contribution is -2.17. The van der Waals surface area contributed by atoms with Gasteiger partial charge in [0.1, 0.15) is 11.4 Å². The van der Waals surface area contributed by atoms with Crippen LogP contribution in [0.5, 0.6) is 5.75 Å². The first-order valence-corrected chi connectivity index (χ1v) is 11.3. The predicted octanol–water partition coefficient (Wildman–Crippen LogP) is 4.02. The summed E-state index contributed by atoms with van der Waals surface area (Å²) >= 11 is 1.19. The smallest absolute Gasteiger partial charge is 0.234 e. The van der Waals surface area contributed by atoms with Crippen LogP contribution in [0.15, 0.2) is 84.0 Å². The molecule has 1 aromatic heterocycles. The number of nitrogens with zero attached hydrogens (tertiary/aromatic N) is 4. The van der Waals surface area contributed by atoms with E-state index in [0.29, 0.717) is 40.0 Å². The summed E-state index contributed by atoms with van der Waals surface area (Å²) in [5.41, 5.74) is 2.13. The fourth-order valence-corrected chi connectivity index (χ4v) is 3.87. The van der Waals surface area contributed by atoms with Crippen molar-refractivity contribution in [3.63, 3.8) is 0 Å². The molecular weight excluding hydrogens is 438 g/mol.